The van der Waals surface area contributed by atoms with E-state index in [2.05, 4.69) is 10.5 Å². The fourth-order valence-electron chi connectivity index (χ4n) is 3.35. The van der Waals surface area contributed by atoms with E-state index in [9.17, 15) is 5.11 Å². The highest BCUT2D eigenvalue weighted by Crippen LogP contribution is 2.37. The Labute approximate surface area is 177 Å². The molecular weight excluding hydrogens is 385 g/mol. The van der Waals surface area contributed by atoms with Gasteiger partial charge in [0.2, 0.25) is 7.41 Å². The Balaban J connectivity index is 1.97. The quantitative estimate of drug-likeness (QED) is 0.660. The van der Waals surface area contributed by atoms with Gasteiger partial charge in [-0.05, 0) is 73.6 Å². The molecule has 1 aliphatic heterocycles. The summed E-state index contributed by atoms with van der Waals surface area (Å²) in [5.74, 6) is 0.271. The third-order valence-electron chi connectivity index (χ3n) is 4.79. The largest absolute Gasteiger partial charge is 0.503 e. The van der Waals surface area contributed by atoms with E-state index in [0.29, 0.717) is 17.9 Å². The first-order valence-electron chi connectivity index (χ1n) is 9.41. The van der Waals surface area contributed by atoms with Gasteiger partial charge in [-0.3, -0.25) is 0 Å². The highest BCUT2D eigenvalue weighted by molar-refractivity contribution is 6.34. The lowest BCUT2D eigenvalue weighted by Crippen LogP contribution is -2.09. The zero-order valence-corrected chi connectivity index (χ0v) is 17.6. The molecule has 0 unspecified atom stereocenters. The molecule has 0 fully saturated rings. The smallest absolute Gasteiger partial charge is 0.248 e. The maximum atomic E-state index is 10.1. The highest BCUT2D eigenvalue weighted by atomic mass is 35.5. The number of phenols is 1. The maximum Gasteiger partial charge on any atom is 0.248 e. The van der Waals surface area contributed by atoms with Gasteiger partial charge in [-0.25, -0.2) is 4.99 Å². The minimum absolute atomic E-state index is 0.0706. The van der Waals surface area contributed by atoms with E-state index < -0.39 is 0 Å². The summed E-state index contributed by atoms with van der Waals surface area (Å²) >= 11 is 6.25. The predicted octanol–water partition coefficient (Wildman–Crippen LogP) is 4.55. The van der Waals surface area contributed by atoms with Crippen LogP contribution >= 0.6 is 11.6 Å². The lowest BCUT2D eigenvalue weighted by molar-refractivity contribution is 0.373. The summed E-state index contributed by atoms with van der Waals surface area (Å²) < 4.78 is 7.16. The molecule has 3 rings (SSSR count). The molecule has 0 aliphatic carbocycles. The third-order valence-corrected chi connectivity index (χ3v) is 5.19. The van der Waals surface area contributed by atoms with Crippen LogP contribution in [0.4, 0.5) is 0 Å². The van der Waals surface area contributed by atoms with Crippen molar-refractivity contribution in [2.45, 2.75) is 20.2 Å². The van der Waals surface area contributed by atoms with Crippen LogP contribution in [0.2, 0.25) is 11.8 Å². The van der Waals surface area contributed by atoms with E-state index in [0.717, 1.165) is 34.7 Å². The summed E-state index contributed by atoms with van der Waals surface area (Å²) in [6, 6.07) is 7.57. The number of aliphatic imine (C=N–C) groups is 1. The molecule has 0 saturated carbocycles. The number of ether oxygens (including phenoxy) is 1. The molecule has 0 atom stereocenters. The predicted molar refractivity (Wildman–Crippen MR) is 122 cm³/mol. The van der Waals surface area contributed by atoms with Crippen LogP contribution in [0.15, 0.2) is 58.9 Å². The van der Waals surface area contributed by atoms with Crippen molar-refractivity contribution in [1.29, 1.82) is 0 Å². The molecule has 1 aromatic carbocycles. The number of hydrogen-bond acceptors (Lipinski definition) is 4. The summed E-state index contributed by atoms with van der Waals surface area (Å²) in [7, 11) is 3.50. The Kier molecular flexibility index (Phi) is 6.67. The monoisotopic (exact) mass is 408 g/mol. The van der Waals surface area contributed by atoms with Gasteiger partial charge in [0.05, 0.1) is 23.5 Å². The Hall–Kier alpha value is -2.70. The van der Waals surface area contributed by atoms with Crippen molar-refractivity contribution in [1.82, 2.24) is 4.48 Å². The van der Waals surface area contributed by atoms with Crippen LogP contribution in [0, 0.1) is 0 Å². The van der Waals surface area contributed by atoms with Crippen LogP contribution in [0.1, 0.15) is 24.6 Å². The van der Waals surface area contributed by atoms with Gasteiger partial charge >= 0.3 is 0 Å². The molecule has 1 aliphatic rings. The molecule has 7 heteroatoms. The molecule has 2 aromatic rings. The Morgan fingerprint density at radius 2 is 2.14 bits per heavy atom. The van der Waals surface area contributed by atoms with Gasteiger partial charge < -0.3 is 20.1 Å². The Bertz CT molecular complexity index is 1030. The Morgan fingerprint density at radius 3 is 2.83 bits per heavy atom. The summed E-state index contributed by atoms with van der Waals surface area (Å²) in [6.07, 6.45) is 8.50. The van der Waals surface area contributed by atoms with Crippen molar-refractivity contribution in [3.63, 3.8) is 0 Å². The molecule has 0 saturated heterocycles. The summed E-state index contributed by atoms with van der Waals surface area (Å²) in [4.78, 5) is 4.82. The van der Waals surface area contributed by atoms with Crippen LogP contribution in [0.3, 0.4) is 0 Å². The van der Waals surface area contributed by atoms with Gasteiger partial charge in [0.15, 0.2) is 11.5 Å². The molecule has 0 amide bonds. The van der Waals surface area contributed by atoms with Crippen molar-refractivity contribution >= 4 is 36.4 Å². The van der Waals surface area contributed by atoms with Gasteiger partial charge in [-0.15, -0.1) is 0 Å². The van der Waals surface area contributed by atoms with Crippen LogP contribution in [-0.4, -0.2) is 36.4 Å². The number of benzene rings is 1. The lowest BCUT2D eigenvalue weighted by Gasteiger charge is -2.13. The van der Waals surface area contributed by atoms with Gasteiger partial charge in [0.25, 0.3) is 0 Å². The molecule has 29 heavy (non-hydrogen) atoms. The van der Waals surface area contributed by atoms with Crippen LogP contribution < -0.4 is 10.5 Å². The number of hydrogen-bond donors (Lipinski definition) is 2. The van der Waals surface area contributed by atoms with E-state index in [4.69, 9.17) is 27.1 Å². The molecule has 5 nitrogen and oxygen atoms in total. The minimum atomic E-state index is -0.0706. The minimum Gasteiger partial charge on any atom is -0.503 e. The van der Waals surface area contributed by atoms with Crippen molar-refractivity contribution in [2.75, 3.05) is 13.7 Å². The number of nitrogens with zero attached hydrogens (tertiary/aromatic N) is 2. The number of phenolic OH excluding ortho intramolecular Hbond substituents is 1. The van der Waals surface area contributed by atoms with E-state index in [1.165, 1.54) is 7.11 Å². The van der Waals surface area contributed by atoms with Crippen LogP contribution in [0.25, 0.3) is 11.6 Å². The highest BCUT2D eigenvalue weighted by Gasteiger charge is 2.17. The SMILES string of the molecule is C[B]n1cccc1/C(CCN)=C1N=C(/C=C/c2ccc(OC)c(O)c2Cl)C=C\1C. The molecule has 3 N–H and O–H groups in total. The molecule has 149 valence electrons. The first kappa shape index (κ1) is 21.0. The lowest BCUT2D eigenvalue weighted by atomic mass is 9.95. The van der Waals surface area contributed by atoms with Crippen LogP contribution in [0.5, 0.6) is 11.5 Å². The zero-order valence-electron chi connectivity index (χ0n) is 16.8. The topological polar surface area (TPSA) is 72.8 Å². The second-order valence-corrected chi connectivity index (χ2v) is 7.02. The summed E-state index contributed by atoms with van der Waals surface area (Å²) in [6.45, 7) is 4.59. The molecular formula is C22H24BClN3O2. The standard InChI is InChI=1S/C22H24BClN3O2/c1-14-13-16(8-6-15-7-9-19(29-3)22(28)20(15)24)26-21(14)17(10-11-25)18-5-4-12-27(18)23-2/h4-9,12-13,28H,10-11,25H2,1-3H3/b8-6+,21-17-. The van der Waals surface area contributed by atoms with E-state index >= 15 is 0 Å². The number of halogens is 1. The number of nitrogens with two attached hydrogens (primary N) is 1. The summed E-state index contributed by atoms with van der Waals surface area (Å²) in [5.41, 5.74) is 11.6. The van der Waals surface area contributed by atoms with Gasteiger partial charge in [-0.2, -0.15) is 0 Å². The number of aromatic hydroxyl groups is 1. The zero-order chi connectivity index (χ0) is 21.0. The number of rotatable bonds is 7. The van der Waals surface area contributed by atoms with E-state index in [1.54, 1.807) is 12.1 Å². The van der Waals surface area contributed by atoms with Crippen molar-refractivity contribution in [3.8, 4) is 11.5 Å². The number of methoxy groups -OCH3 is 1. The first-order chi connectivity index (χ1) is 14.0. The fourth-order valence-corrected chi connectivity index (χ4v) is 3.57. The normalized spacial score (nSPS) is 15.5. The second kappa shape index (κ2) is 9.20. The van der Waals surface area contributed by atoms with Crippen molar-refractivity contribution < 1.29 is 9.84 Å². The molecule has 1 radical (unpaired) electrons. The van der Waals surface area contributed by atoms with Crippen LogP contribution in [-0.2, 0) is 0 Å². The second-order valence-electron chi connectivity index (χ2n) is 6.64. The Morgan fingerprint density at radius 1 is 1.34 bits per heavy atom. The maximum absolute atomic E-state index is 10.1. The average Bonchev–Trinajstić information content (AvgIpc) is 3.33. The average molecular weight is 409 g/mol. The fraction of sp³-hybridized carbons (Fsp3) is 0.227. The summed E-state index contributed by atoms with van der Waals surface area (Å²) in [5, 5.41) is 10.3. The third kappa shape index (κ3) is 4.34. The molecule has 2 heterocycles. The van der Waals surface area contributed by atoms with E-state index in [-0.39, 0.29) is 10.8 Å². The molecule has 0 bridgehead atoms. The van der Waals surface area contributed by atoms with E-state index in [1.807, 2.05) is 51.7 Å². The number of allylic oxidation sites excluding steroid dienone is 3. The van der Waals surface area contributed by atoms with Gasteiger partial charge in [-0.1, -0.05) is 24.5 Å². The molecule has 0 spiro atoms. The van der Waals surface area contributed by atoms with Gasteiger partial charge in [0.1, 0.15) is 0 Å². The first-order valence-corrected chi connectivity index (χ1v) is 9.78. The molecule has 1 aromatic heterocycles. The van der Waals surface area contributed by atoms with Gasteiger partial charge in [0, 0.05) is 11.3 Å². The number of aromatic nitrogens is 1. The van der Waals surface area contributed by atoms with Crippen molar-refractivity contribution in [2.24, 2.45) is 10.7 Å². The van der Waals surface area contributed by atoms with Crippen molar-refractivity contribution in [3.05, 3.63) is 70.2 Å².